The summed E-state index contributed by atoms with van der Waals surface area (Å²) in [4.78, 5) is 31.5. The van der Waals surface area contributed by atoms with Gasteiger partial charge in [0.15, 0.2) is 5.76 Å². The van der Waals surface area contributed by atoms with Crippen molar-refractivity contribution in [3.05, 3.63) is 76.1 Å². The van der Waals surface area contributed by atoms with E-state index in [1.807, 2.05) is 0 Å². The molecule has 0 unspecified atom stereocenters. The zero-order valence-corrected chi connectivity index (χ0v) is 14.5. The summed E-state index contributed by atoms with van der Waals surface area (Å²) in [6, 6.07) is 9.74. The number of benzene rings is 1. The minimum atomic E-state index is -0.754. The number of primary amides is 1. The molecule has 1 aromatic carbocycles. The Morgan fingerprint density at radius 1 is 1.26 bits per heavy atom. The van der Waals surface area contributed by atoms with E-state index in [4.69, 9.17) is 14.9 Å². The fourth-order valence-electron chi connectivity index (χ4n) is 2.66. The number of nitrogens with two attached hydrogens (primary N) is 1. The Hall–Kier alpha value is -3.68. The van der Waals surface area contributed by atoms with E-state index in [9.17, 15) is 14.7 Å². The van der Waals surface area contributed by atoms with E-state index in [1.165, 1.54) is 6.07 Å². The van der Waals surface area contributed by atoms with E-state index >= 15 is 0 Å². The van der Waals surface area contributed by atoms with Crippen LogP contribution in [0.3, 0.4) is 0 Å². The van der Waals surface area contributed by atoms with E-state index < -0.39 is 23.0 Å². The largest absolute Gasteiger partial charge is 0.502 e. The molecule has 1 atom stereocenters. The molecule has 3 aromatic rings. The van der Waals surface area contributed by atoms with Crippen LogP contribution in [0.15, 0.2) is 58.0 Å². The first-order chi connectivity index (χ1) is 12.9. The van der Waals surface area contributed by atoms with Gasteiger partial charge in [0.2, 0.25) is 17.1 Å². The molecular weight excluding hydrogens is 350 g/mol. The number of rotatable bonds is 6. The zero-order chi connectivity index (χ0) is 19.4. The second-order valence-electron chi connectivity index (χ2n) is 5.86. The van der Waals surface area contributed by atoms with Crippen molar-refractivity contribution in [1.82, 2.24) is 9.97 Å². The highest BCUT2D eigenvalue weighted by molar-refractivity contribution is 5.75. The highest BCUT2D eigenvalue weighted by atomic mass is 16.5. The van der Waals surface area contributed by atoms with Gasteiger partial charge in [-0.2, -0.15) is 0 Å². The van der Waals surface area contributed by atoms with Crippen LogP contribution >= 0.6 is 0 Å². The van der Waals surface area contributed by atoms with Gasteiger partial charge in [0.05, 0.1) is 5.92 Å². The van der Waals surface area contributed by atoms with Gasteiger partial charge in [-0.05, 0) is 30.7 Å². The van der Waals surface area contributed by atoms with Crippen LogP contribution in [0.4, 0.5) is 0 Å². The fourth-order valence-corrected chi connectivity index (χ4v) is 2.66. The van der Waals surface area contributed by atoms with Crippen LogP contribution in [-0.4, -0.2) is 21.0 Å². The van der Waals surface area contributed by atoms with Gasteiger partial charge >= 0.3 is 6.01 Å². The number of aryl methyl sites for hydroxylation is 1. The highest BCUT2D eigenvalue weighted by Gasteiger charge is 2.25. The number of carbonyl (C=O) groups excluding carboxylic acids is 1. The standard InChI is InChI=1S/C19H17N3O5/c1-11-8-15(23)17(25)18(26-11)14(10-16(20)24)12-4-2-5-13(9-12)27-19-21-6-3-7-22-19/h2-9,14,25H,10H2,1H3,(H2,20,24)/t14-/m1/s1. The summed E-state index contributed by atoms with van der Waals surface area (Å²) in [6.07, 6.45) is 2.92. The van der Waals surface area contributed by atoms with E-state index in [0.717, 1.165) is 0 Å². The van der Waals surface area contributed by atoms with Crippen molar-refractivity contribution in [1.29, 1.82) is 0 Å². The minimum Gasteiger partial charge on any atom is -0.502 e. The Labute approximate surface area is 154 Å². The summed E-state index contributed by atoms with van der Waals surface area (Å²) < 4.78 is 11.1. The average Bonchev–Trinajstić information content (AvgIpc) is 2.64. The first-order valence-corrected chi connectivity index (χ1v) is 8.11. The molecule has 0 aliphatic carbocycles. The molecular formula is C19H17N3O5. The lowest BCUT2D eigenvalue weighted by Gasteiger charge is -2.17. The van der Waals surface area contributed by atoms with Crippen LogP contribution in [0, 0.1) is 6.92 Å². The van der Waals surface area contributed by atoms with Gasteiger partial charge in [-0.1, -0.05) is 12.1 Å². The van der Waals surface area contributed by atoms with Crippen LogP contribution in [0.2, 0.25) is 0 Å². The molecule has 1 amide bonds. The van der Waals surface area contributed by atoms with Crippen LogP contribution in [0.25, 0.3) is 0 Å². The second-order valence-corrected chi connectivity index (χ2v) is 5.86. The van der Waals surface area contributed by atoms with Crippen molar-refractivity contribution in [3.8, 4) is 17.5 Å². The smallest absolute Gasteiger partial charge is 0.321 e. The summed E-state index contributed by atoms with van der Waals surface area (Å²) in [6.45, 7) is 1.58. The van der Waals surface area contributed by atoms with Crippen LogP contribution < -0.4 is 15.9 Å². The van der Waals surface area contributed by atoms with Crippen molar-refractivity contribution < 1.29 is 19.1 Å². The molecule has 0 aliphatic heterocycles. The molecule has 0 aliphatic rings. The minimum absolute atomic E-state index is 0.0214. The maximum atomic E-state index is 11.9. The van der Waals surface area contributed by atoms with Crippen molar-refractivity contribution in [2.24, 2.45) is 5.73 Å². The molecule has 27 heavy (non-hydrogen) atoms. The van der Waals surface area contributed by atoms with Crippen molar-refractivity contribution in [2.45, 2.75) is 19.3 Å². The molecule has 2 aromatic heterocycles. The number of aromatic nitrogens is 2. The topological polar surface area (TPSA) is 129 Å². The summed E-state index contributed by atoms with van der Waals surface area (Å²) >= 11 is 0. The number of ether oxygens (including phenoxy) is 1. The molecule has 3 rings (SSSR count). The number of amides is 1. The predicted octanol–water partition coefficient (Wildman–Crippen LogP) is 2.24. The van der Waals surface area contributed by atoms with Crippen LogP contribution in [0.5, 0.6) is 17.5 Å². The Kier molecular flexibility index (Phi) is 5.16. The zero-order valence-electron chi connectivity index (χ0n) is 14.5. The lowest BCUT2D eigenvalue weighted by atomic mass is 9.91. The Morgan fingerprint density at radius 3 is 2.70 bits per heavy atom. The summed E-state index contributed by atoms with van der Waals surface area (Å²) in [5.41, 5.74) is 5.35. The molecule has 0 fully saturated rings. The lowest BCUT2D eigenvalue weighted by Crippen LogP contribution is -2.18. The molecule has 8 heteroatoms. The SMILES string of the molecule is Cc1cc(=O)c(O)c([C@H](CC(N)=O)c2cccc(Oc3ncccn3)c2)o1. The van der Waals surface area contributed by atoms with Gasteiger partial charge in [0.25, 0.3) is 0 Å². The molecule has 2 heterocycles. The summed E-state index contributed by atoms with van der Waals surface area (Å²) in [5.74, 6) is -1.21. The van der Waals surface area contributed by atoms with E-state index in [0.29, 0.717) is 17.1 Å². The fraction of sp³-hybridized carbons (Fsp3) is 0.158. The van der Waals surface area contributed by atoms with Crippen LogP contribution in [-0.2, 0) is 4.79 Å². The Balaban J connectivity index is 2.03. The molecule has 138 valence electrons. The van der Waals surface area contributed by atoms with Crippen LogP contribution in [0.1, 0.15) is 29.4 Å². The number of aromatic hydroxyl groups is 1. The molecule has 3 N–H and O–H groups in total. The number of nitrogens with zero attached hydrogens (tertiary/aromatic N) is 2. The second kappa shape index (κ2) is 7.69. The summed E-state index contributed by atoms with van der Waals surface area (Å²) in [5, 5.41) is 10.2. The van der Waals surface area contributed by atoms with Gasteiger partial charge in [0, 0.05) is 24.9 Å². The van der Waals surface area contributed by atoms with E-state index in [1.54, 1.807) is 49.6 Å². The lowest BCUT2D eigenvalue weighted by molar-refractivity contribution is -0.118. The maximum absolute atomic E-state index is 11.9. The molecule has 0 radical (unpaired) electrons. The number of hydrogen-bond acceptors (Lipinski definition) is 7. The van der Waals surface area contributed by atoms with Crippen molar-refractivity contribution in [3.63, 3.8) is 0 Å². The van der Waals surface area contributed by atoms with Gasteiger partial charge in [0.1, 0.15) is 11.5 Å². The third-order valence-corrected chi connectivity index (χ3v) is 3.81. The molecule has 0 spiro atoms. The number of carbonyl (C=O) groups is 1. The molecule has 8 nitrogen and oxygen atoms in total. The van der Waals surface area contributed by atoms with Crippen molar-refractivity contribution >= 4 is 5.91 Å². The van der Waals surface area contributed by atoms with Gasteiger partial charge in [-0.15, -0.1) is 0 Å². The summed E-state index contributed by atoms with van der Waals surface area (Å²) in [7, 11) is 0. The predicted molar refractivity (Wildman–Crippen MR) is 95.6 cm³/mol. The Morgan fingerprint density at radius 2 is 2.00 bits per heavy atom. The first kappa shape index (κ1) is 18.1. The monoisotopic (exact) mass is 367 g/mol. The van der Waals surface area contributed by atoms with E-state index in [2.05, 4.69) is 9.97 Å². The van der Waals surface area contributed by atoms with E-state index in [-0.39, 0.29) is 18.2 Å². The third kappa shape index (κ3) is 4.30. The first-order valence-electron chi connectivity index (χ1n) is 8.11. The maximum Gasteiger partial charge on any atom is 0.321 e. The third-order valence-electron chi connectivity index (χ3n) is 3.81. The Bertz CT molecular complexity index is 1020. The van der Waals surface area contributed by atoms with Gasteiger partial charge in [-0.25, -0.2) is 9.97 Å². The molecule has 0 saturated carbocycles. The number of hydrogen-bond donors (Lipinski definition) is 2. The highest BCUT2D eigenvalue weighted by Crippen LogP contribution is 2.34. The molecule has 0 saturated heterocycles. The van der Waals surface area contributed by atoms with Gasteiger partial charge < -0.3 is 20.0 Å². The van der Waals surface area contributed by atoms with Crippen molar-refractivity contribution in [2.75, 3.05) is 0 Å². The van der Waals surface area contributed by atoms with Gasteiger partial charge in [-0.3, -0.25) is 9.59 Å². The average molecular weight is 367 g/mol. The quantitative estimate of drug-likeness (QED) is 0.683. The normalized spacial score (nSPS) is 11.7. The molecule has 0 bridgehead atoms.